The van der Waals surface area contributed by atoms with Crippen LogP contribution in [0, 0.1) is 36.0 Å². The van der Waals surface area contributed by atoms with Gasteiger partial charge in [0.25, 0.3) is 0 Å². The zero-order valence-corrected chi connectivity index (χ0v) is 32.8. The van der Waals surface area contributed by atoms with Crippen molar-refractivity contribution >= 4 is 35.4 Å². The van der Waals surface area contributed by atoms with E-state index in [0.29, 0.717) is 19.3 Å². The van der Waals surface area contributed by atoms with Crippen molar-refractivity contribution in [3.05, 3.63) is 35.9 Å². The molecule has 12 heteroatoms. The maximum atomic E-state index is 14.0. The number of nitrogens with zero attached hydrogens (tertiary/aromatic N) is 4. The van der Waals surface area contributed by atoms with Crippen LogP contribution in [0.25, 0.3) is 0 Å². The quantitative estimate of drug-likeness (QED) is 0.166. The second-order valence-corrected chi connectivity index (χ2v) is 14.7. The van der Waals surface area contributed by atoms with Crippen LogP contribution >= 0.6 is 0 Å². The highest BCUT2D eigenvalue weighted by Gasteiger charge is 2.41. The minimum absolute atomic E-state index is 0.178. The van der Waals surface area contributed by atoms with E-state index in [1.165, 1.54) is 40.7 Å². The Balaban J connectivity index is 3.22. The van der Waals surface area contributed by atoms with Gasteiger partial charge in [0, 0.05) is 47.0 Å². The number of amides is 6. The predicted molar refractivity (Wildman–Crippen MR) is 200 cm³/mol. The van der Waals surface area contributed by atoms with E-state index < -0.39 is 59.7 Å². The lowest BCUT2D eigenvalue weighted by Crippen LogP contribution is -2.61. The van der Waals surface area contributed by atoms with Crippen LogP contribution in [0.2, 0.25) is 0 Å². The van der Waals surface area contributed by atoms with Gasteiger partial charge in [0.05, 0.1) is 0 Å². The lowest BCUT2D eigenvalue weighted by Gasteiger charge is -2.39. The summed E-state index contributed by atoms with van der Waals surface area (Å²) in [5.74, 6) is -1.50. The first-order chi connectivity index (χ1) is 23.7. The van der Waals surface area contributed by atoms with Crippen LogP contribution in [-0.2, 0) is 35.2 Å². The van der Waals surface area contributed by atoms with Crippen LogP contribution in [0.5, 0.6) is 0 Å². The fourth-order valence-corrected chi connectivity index (χ4v) is 6.33. The molecule has 0 aliphatic carbocycles. The molecule has 1 aromatic rings. The molecule has 0 aliphatic rings. The Morgan fingerprint density at radius 2 is 1.24 bits per heavy atom. The molecule has 6 atom stereocenters. The number of rotatable bonds is 19. The Kier molecular flexibility index (Phi) is 17.9. The standard InChI is InChI=1S/C39H62N6O6/c1-14-15-17-20-27(8)36(48)45(13)33(26(6)7)39(51)44(12)32(25(4)5)35(47)41-31(24(2)3)38(50)42(10)28(9)37(49)43(11)30(34(40)46)23-29-21-18-16-19-22-29/h1,16,18-19,21-22,24-28,30-33H,15,17,20,23H2,2-13H3,(H2,40,46)(H,41,47). The zero-order valence-electron chi connectivity index (χ0n) is 32.8. The van der Waals surface area contributed by atoms with Gasteiger partial charge in [-0.15, -0.1) is 12.3 Å². The average molecular weight is 711 g/mol. The van der Waals surface area contributed by atoms with Crippen molar-refractivity contribution in [2.24, 2.45) is 29.4 Å². The Labute approximate surface area is 305 Å². The van der Waals surface area contributed by atoms with Crippen molar-refractivity contribution in [1.82, 2.24) is 24.9 Å². The second kappa shape index (κ2) is 20.4. The number of carbonyl (C=O) groups is 6. The molecular formula is C39H62N6O6. The first-order valence-electron chi connectivity index (χ1n) is 17.8. The minimum Gasteiger partial charge on any atom is -0.368 e. The van der Waals surface area contributed by atoms with Gasteiger partial charge in [-0.1, -0.05) is 78.8 Å². The summed E-state index contributed by atoms with van der Waals surface area (Å²) in [4.78, 5) is 86.6. The molecule has 3 N–H and O–H groups in total. The fraction of sp³-hybridized carbons (Fsp3) is 0.641. The number of unbranched alkanes of at least 4 members (excludes halogenated alkanes) is 1. The zero-order chi connectivity index (χ0) is 39.3. The number of terminal acetylenes is 1. The van der Waals surface area contributed by atoms with Crippen LogP contribution in [0.3, 0.4) is 0 Å². The van der Waals surface area contributed by atoms with Crippen molar-refractivity contribution in [1.29, 1.82) is 0 Å². The Morgan fingerprint density at radius 1 is 0.706 bits per heavy atom. The van der Waals surface area contributed by atoms with Crippen molar-refractivity contribution < 1.29 is 28.8 Å². The van der Waals surface area contributed by atoms with Gasteiger partial charge < -0.3 is 30.7 Å². The number of primary amides is 1. The highest BCUT2D eigenvalue weighted by molar-refractivity contribution is 5.96. The summed E-state index contributed by atoms with van der Waals surface area (Å²) in [5.41, 5.74) is 6.51. The van der Waals surface area contributed by atoms with Gasteiger partial charge in [-0.05, 0) is 43.1 Å². The molecule has 0 saturated carbocycles. The Morgan fingerprint density at radius 3 is 1.71 bits per heavy atom. The summed E-state index contributed by atoms with van der Waals surface area (Å²) < 4.78 is 0. The molecule has 1 rings (SSSR count). The minimum atomic E-state index is -1.03. The molecule has 0 aromatic heterocycles. The van der Waals surface area contributed by atoms with E-state index in [4.69, 9.17) is 12.2 Å². The highest BCUT2D eigenvalue weighted by Crippen LogP contribution is 2.21. The lowest BCUT2D eigenvalue weighted by molar-refractivity contribution is -0.152. The second-order valence-electron chi connectivity index (χ2n) is 14.7. The first-order valence-corrected chi connectivity index (χ1v) is 17.8. The van der Waals surface area contributed by atoms with E-state index in [9.17, 15) is 28.8 Å². The van der Waals surface area contributed by atoms with Gasteiger partial charge in [0.2, 0.25) is 35.4 Å². The molecule has 0 fully saturated rings. The maximum absolute atomic E-state index is 14.0. The number of benzene rings is 1. The van der Waals surface area contributed by atoms with Crippen LogP contribution in [0.4, 0.5) is 0 Å². The summed E-state index contributed by atoms with van der Waals surface area (Å²) in [6.07, 6.45) is 7.43. The van der Waals surface area contributed by atoms with Crippen LogP contribution < -0.4 is 11.1 Å². The molecule has 0 heterocycles. The van der Waals surface area contributed by atoms with Crippen LogP contribution in [0.1, 0.15) is 80.2 Å². The largest absolute Gasteiger partial charge is 0.368 e. The Hall–Kier alpha value is -4.40. The third-order valence-corrected chi connectivity index (χ3v) is 9.63. The third kappa shape index (κ3) is 12.1. The monoisotopic (exact) mass is 710 g/mol. The van der Waals surface area contributed by atoms with E-state index in [1.54, 1.807) is 41.7 Å². The Bertz CT molecular complexity index is 1390. The van der Waals surface area contributed by atoms with Gasteiger partial charge in [-0.25, -0.2) is 0 Å². The fourth-order valence-electron chi connectivity index (χ4n) is 6.33. The highest BCUT2D eigenvalue weighted by atomic mass is 16.2. The van der Waals surface area contributed by atoms with Crippen molar-refractivity contribution in [3.8, 4) is 12.3 Å². The molecule has 6 unspecified atom stereocenters. The maximum Gasteiger partial charge on any atom is 0.246 e. The summed E-state index contributed by atoms with van der Waals surface area (Å²) >= 11 is 0. The van der Waals surface area contributed by atoms with E-state index in [1.807, 2.05) is 51.1 Å². The topological polar surface area (TPSA) is 153 Å². The molecule has 51 heavy (non-hydrogen) atoms. The summed E-state index contributed by atoms with van der Waals surface area (Å²) in [5, 5.41) is 2.86. The molecule has 284 valence electrons. The lowest BCUT2D eigenvalue weighted by atomic mass is 9.94. The number of hydrogen-bond acceptors (Lipinski definition) is 6. The van der Waals surface area contributed by atoms with Crippen molar-refractivity contribution in [3.63, 3.8) is 0 Å². The summed E-state index contributed by atoms with van der Waals surface area (Å²) in [7, 11) is 6.10. The van der Waals surface area contributed by atoms with Gasteiger partial charge in [-0.3, -0.25) is 28.8 Å². The number of nitrogens with one attached hydrogen (secondary N) is 1. The molecule has 1 aromatic carbocycles. The van der Waals surface area contributed by atoms with Crippen LogP contribution in [-0.4, -0.2) is 113 Å². The molecule has 0 radical (unpaired) electrons. The number of carbonyl (C=O) groups excluding carboxylic acids is 6. The molecule has 6 amide bonds. The van der Waals surface area contributed by atoms with E-state index >= 15 is 0 Å². The molecular weight excluding hydrogens is 648 g/mol. The van der Waals surface area contributed by atoms with E-state index in [0.717, 1.165) is 5.56 Å². The smallest absolute Gasteiger partial charge is 0.246 e. The van der Waals surface area contributed by atoms with Crippen molar-refractivity contribution in [2.75, 3.05) is 28.2 Å². The normalized spacial score (nSPS) is 14.8. The van der Waals surface area contributed by atoms with E-state index in [2.05, 4.69) is 11.2 Å². The first kappa shape index (κ1) is 44.6. The van der Waals surface area contributed by atoms with E-state index in [-0.39, 0.29) is 36.0 Å². The van der Waals surface area contributed by atoms with Gasteiger partial charge in [0.15, 0.2) is 0 Å². The third-order valence-electron chi connectivity index (χ3n) is 9.63. The number of likely N-dealkylation sites (N-methyl/N-ethyl adjacent to an activating group) is 4. The average Bonchev–Trinajstić information content (AvgIpc) is 3.07. The molecule has 0 saturated heterocycles. The summed E-state index contributed by atoms with van der Waals surface area (Å²) in [6.45, 7) is 14.2. The summed E-state index contributed by atoms with van der Waals surface area (Å²) in [6, 6.07) is 4.44. The van der Waals surface area contributed by atoms with Gasteiger partial charge in [0.1, 0.15) is 30.2 Å². The SMILES string of the molecule is C#CCCCC(C)C(=O)N(C)C(C(=O)N(C)C(C(=O)NC(C(=O)N(C)C(C)C(=O)N(C)C(Cc1ccccc1)C(N)=O)C(C)C)C(C)C)C(C)C. The molecule has 0 spiro atoms. The molecule has 0 bridgehead atoms. The molecule has 12 nitrogen and oxygen atoms in total. The number of hydrogen-bond donors (Lipinski definition) is 2. The van der Waals surface area contributed by atoms with Gasteiger partial charge >= 0.3 is 0 Å². The predicted octanol–water partition coefficient (Wildman–Crippen LogP) is 2.93. The van der Waals surface area contributed by atoms with Crippen LogP contribution in [0.15, 0.2) is 30.3 Å². The molecule has 0 aliphatic heterocycles. The van der Waals surface area contributed by atoms with Gasteiger partial charge in [-0.2, -0.15) is 0 Å². The number of nitrogens with two attached hydrogens (primary N) is 1. The van der Waals surface area contributed by atoms with Crippen molar-refractivity contribution in [2.45, 2.75) is 111 Å².